The van der Waals surface area contributed by atoms with Crippen LogP contribution in [0.5, 0.6) is 11.5 Å². The third-order valence-electron chi connectivity index (χ3n) is 5.51. The van der Waals surface area contributed by atoms with E-state index in [0.717, 1.165) is 6.07 Å². The molecule has 1 aliphatic rings. The number of aliphatic hydroxyl groups excluding tert-OH is 1. The number of nitrogens with zero attached hydrogens (tertiary/aromatic N) is 2. The SMILES string of the molecule is COc1ccc(OC)c([C@@H]2/C(=C(\O)c3cccc([N+](=O)[O-])c3)C(=O)C(=O)N2Cc2ccco2)c1. The predicted octanol–water partition coefficient (Wildman–Crippen LogP) is 3.83. The van der Waals surface area contributed by atoms with E-state index in [9.17, 15) is 24.8 Å². The van der Waals surface area contributed by atoms with E-state index in [-0.39, 0.29) is 23.4 Å². The minimum Gasteiger partial charge on any atom is -0.507 e. The van der Waals surface area contributed by atoms with Gasteiger partial charge in [-0.1, -0.05) is 12.1 Å². The van der Waals surface area contributed by atoms with Gasteiger partial charge in [-0.3, -0.25) is 19.7 Å². The summed E-state index contributed by atoms with van der Waals surface area (Å²) in [5.41, 5.74) is -0.0929. The molecule has 0 unspecified atom stereocenters. The van der Waals surface area contributed by atoms with Crippen LogP contribution in [0.25, 0.3) is 5.76 Å². The minimum atomic E-state index is -1.07. The number of aliphatic hydroxyl groups is 1. The van der Waals surface area contributed by atoms with Gasteiger partial charge in [0.2, 0.25) is 0 Å². The molecule has 10 heteroatoms. The van der Waals surface area contributed by atoms with Gasteiger partial charge in [-0.05, 0) is 30.3 Å². The van der Waals surface area contributed by atoms with Crippen LogP contribution >= 0.6 is 0 Å². The molecular formula is C24H20N2O8. The second kappa shape index (κ2) is 9.10. The number of hydrogen-bond donors (Lipinski definition) is 1. The van der Waals surface area contributed by atoms with E-state index in [0.29, 0.717) is 22.8 Å². The van der Waals surface area contributed by atoms with Crippen molar-refractivity contribution in [1.29, 1.82) is 0 Å². The Morgan fingerprint density at radius 1 is 1.12 bits per heavy atom. The molecule has 2 aromatic carbocycles. The number of furan rings is 1. The maximum atomic E-state index is 13.2. The Morgan fingerprint density at radius 2 is 1.91 bits per heavy atom. The molecule has 0 bridgehead atoms. The fraction of sp³-hybridized carbons (Fsp3) is 0.167. The van der Waals surface area contributed by atoms with Crippen LogP contribution in [0.15, 0.2) is 70.9 Å². The molecule has 2 heterocycles. The van der Waals surface area contributed by atoms with E-state index in [1.165, 1.54) is 43.6 Å². The highest BCUT2D eigenvalue weighted by Gasteiger charge is 2.47. The molecule has 0 saturated carbocycles. The van der Waals surface area contributed by atoms with E-state index in [2.05, 4.69) is 0 Å². The lowest BCUT2D eigenvalue weighted by Crippen LogP contribution is -2.29. The molecule has 3 aromatic rings. The summed E-state index contributed by atoms with van der Waals surface area (Å²) in [5, 5.41) is 22.4. The maximum absolute atomic E-state index is 13.2. The van der Waals surface area contributed by atoms with Crippen molar-refractivity contribution >= 4 is 23.1 Å². The Morgan fingerprint density at radius 3 is 2.56 bits per heavy atom. The largest absolute Gasteiger partial charge is 0.507 e. The number of carbonyl (C=O) groups excluding carboxylic acids is 2. The molecule has 0 aliphatic carbocycles. The summed E-state index contributed by atoms with van der Waals surface area (Å²) in [6, 6.07) is 12.3. The number of benzene rings is 2. The van der Waals surface area contributed by atoms with E-state index < -0.39 is 28.4 Å². The van der Waals surface area contributed by atoms with Gasteiger partial charge >= 0.3 is 0 Å². The molecule has 4 rings (SSSR count). The molecule has 34 heavy (non-hydrogen) atoms. The summed E-state index contributed by atoms with van der Waals surface area (Å²) in [6.07, 6.45) is 1.44. The van der Waals surface area contributed by atoms with Crippen LogP contribution < -0.4 is 9.47 Å². The van der Waals surface area contributed by atoms with Crippen molar-refractivity contribution in [3.63, 3.8) is 0 Å². The van der Waals surface area contributed by atoms with Gasteiger partial charge in [0.25, 0.3) is 17.4 Å². The van der Waals surface area contributed by atoms with Crippen LogP contribution in [-0.4, -0.2) is 40.8 Å². The van der Waals surface area contributed by atoms with Gasteiger partial charge in [-0.15, -0.1) is 0 Å². The van der Waals surface area contributed by atoms with Gasteiger partial charge in [0.05, 0.1) is 43.6 Å². The molecule has 0 spiro atoms. The minimum absolute atomic E-state index is 0.0251. The summed E-state index contributed by atoms with van der Waals surface area (Å²) >= 11 is 0. The van der Waals surface area contributed by atoms with Gasteiger partial charge < -0.3 is 23.9 Å². The molecule has 1 aromatic heterocycles. The first-order valence-corrected chi connectivity index (χ1v) is 10.1. The van der Waals surface area contributed by atoms with Crippen molar-refractivity contribution in [2.45, 2.75) is 12.6 Å². The quantitative estimate of drug-likeness (QED) is 0.183. The summed E-state index contributed by atoms with van der Waals surface area (Å²) in [4.78, 5) is 38.1. The van der Waals surface area contributed by atoms with Crippen LogP contribution in [-0.2, 0) is 16.1 Å². The lowest BCUT2D eigenvalue weighted by atomic mass is 9.94. The van der Waals surface area contributed by atoms with Crippen molar-refractivity contribution in [2.24, 2.45) is 0 Å². The lowest BCUT2D eigenvalue weighted by molar-refractivity contribution is -0.384. The molecule has 0 radical (unpaired) electrons. The van der Waals surface area contributed by atoms with Crippen molar-refractivity contribution in [1.82, 2.24) is 4.90 Å². The van der Waals surface area contributed by atoms with Crippen LogP contribution in [0.1, 0.15) is 22.9 Å². The zero-order chi connectivity index (χ0) is 24.4. The third kappa shape index (κ3) is 3.96. The Kier molecular flexibility index (Phi) is 6.05. The van der Waals surface area contributed by atoms with E-state index in [4.69, 9.17) is 13.9 Å². The number of ether oxygens (including phenoxy) is 2. The van der Waals surface area contributed by atoms with Gasteiger partial charge in [0.15, 0.2) is 0 Å². The molecule has 10 nitrogen and oxygen atoms in total. The molecule has 174 valence electrons. The molecule has 1 saturated heterocycles. The molecule has 1 fully saturated rings. The highest BCUT2D eigenvalue weighted by molar-refractivity contribution is 6.46. The summed E-state index contributed by atoms with van der Waals surface area (Å²) in [6.45, 7) is -0.0612. The second-order valence-electron chi connectivity index (χ2n) is 7.42. The zero-order valence-corrected chi connectivity index (χ0v) is 18.3. The molecule has 1 N–H and O–H groups in total. The third-order valence-corrected chi connectivity index (χ3v) is 5.51. The monoisotopic (exact) mass is 464 g/mol. The molecular weight excluding hydrogens is 444 g/mol. The highest BCUT2D eigenvalue weighted by Crippen LogP contribution is 2.44. The van der Waals surface area contributed by atoms with E-state index in [1.807, 2.05) is 0 Å². The number of rotatable bonds is 7. The van der Waals surface area contributed by atoms with Gasteiger partial charge in [-0.2, -0.15) is 0 Å². The van der Waals surface area contributed by atoms with Gasteiger partial charge in [0, 0.05) is 23.3 Å². The average molecular weight is 464 g/mol. The average Bonchev–Trinajstić information content (AvgIpc) is 3.45. The molecule has 1 amide bonds. The highest BCUT2D eigenvalue weighted by atomic mass is 16.6. The Hall–Kier alpha value is -4.60. The first kappa shape index (κ1) is 22.6. The Labute approximate surface area is 193 Å². The van der Waals surface area contributed by atoms with Crippen LogP contribution in [0.4, 0.5) is 5.69 Å². The second-order valence-corrected chi connectivity index (χ2v) is 7.42. The van der Waals surface area contributed by atoms with Gasteiger partial charge in [0.1, 0.15) is 23.0 Å². The van der Waals surface area contributed by atoms with Crippen molar-refractivity contribution < 1.29 is 33.5 Å². The number of non-ortho nitro benzene ring substituents is 1. The Bertz CT molecular complexity index is 1300. The topological polar surface area (TPSA) is 132 Å². The summed E-state index contributed by atoms with van der Waals surface area (Å²) < 4.78 is 16.2. The van der Waals surface area contributed by atoms with E-state index >= 15 is 0 Å². The molecule has 1 aliphatic heterocycles. The van der Waals surface area contributed by atoms with Gasteiger partial charge in [-0.25, -0.2) is 0 Å². The first-order valence-electron chi connectivity index (χ1n) is 10.1. The van der Waals surface area contributed by atoms with Crippen LogP contribution in [0, 0.1) is 10.1 Å². The van der Waals surface area contributed by atoms with E-state index in [1.54, 1.807) is 30.3 Å². The van der Waals surface area contributed by atoms with Crippen molar-refractivity contribution in [2.75, 3.05) is 14.2 Å². The number of carbonyl (C=O) groups is 2. The van der Waals surface area contributed by atoms with Crippen molar-refractivity contribution in [3.05, 3.63) is 93.4 Å². The number of hydrogen-bond acceptors (Lipinski definition) is 8. The fourth-order valence-corrected chi connectivity index (χ4v) is 3.91. The normalized spacial score (nSPS) is 17.1. The summed E-state index contributed by atoms with van der Waals surface area (Å²) in [5.74, 6) is -1.14. The first-order chi connectivity index (χ1) is 16.3. The predicted molar refractivity (Wildman–Crippen MR) is 119 cm³/mol. The molecule has 1 atom stereocenters. The fourth-order valence-electron chi connectivity index (χ4n) is 3.91. The zero-order valence-electron chi connectivity index (χ0n) is 18.3. The number of nitro benzene ring substituents is 1. The van der Waals surface area contributed by atoms with Crippen molar-refractivity contribution in [3.8, 4) is 11.5 Å². The standard InChI is InChI=1S/C24H20N2O8/c1-32-16-8-9-19(33-2)18(12-16)21-20(22(27)14-5-3-6-15(11-14)26(30)31)23(28)24(29)25(21)13-17-7-4-10-34-17/h3-12,21,27H,13H2,1-2H3/b22-20+/t21-/m1/s1. The lowest BCUT2D eigenvalue weighted by Gasteiger charge is -2.26. The Balaban J connectivity index is 1.95. The number of nitro groups is 1. The maximum Gasteiger partial charge on any atom is 0.296 e. The number of Topliss-reactive ketones (excluding diaryl/α,β-unsaturated/α-hetero) is 1. The number of amides is 1. The number of methoxy groups -OCH3 is 2. The summed E-state index contributed by atoms with van der Waals surface area (Å²) in [7, 11) is 2.90. The van der Waals surface area contributed by atoms with Crippen LogP contribution in [0.3, 0.4) is 0 Å². The number of likely N-dealkylation sites (tertiary alicyclic amines) is 1. The smallest absolute Gasteiger partial charge is 0.296 e. The van der Waals surface area contributed by atoms with Crippen LogP contribution in [0.2, 0.25) is 0 Å². The number of ketones is 1.